The summed E-state index contributed by atoms with van der Waals surface area (Å²) in [5, 5.41) is 25.2. The van der Waals surface area contributed by atoms with Crippen LogP contribution in [-0.2, 0) is 142 Å². The van der Waals surface area contributed by atoms with Crippen molar-refractivity contribution in [2.75, 3.05) is 396 Å². The Hall–Kier alpha value is -5.92. The average molecular weight is 1690 g/mol. The van der Waals surface area contributed by atoms with Crippen molar-refractivity contribution in [3.05, 3.63) is 41.8 Å². The first-order valence-electron chi connectivity index (χ1n) is 39.9. The number of amides is 4. The van der Waals surface area contributed by atoms with Gasteiger partial charge in [-0.25, -0.2) is 0 Å². The number of carbonyl (C=O) groups excluding carboxylic acids is 4. The van der Waals surface area contributed by atoms with E-state index in [9.17, 15) is 19.2 Å². The van der Waals surface area contributed by atoms with Crippen molar-refractivity contribution >= 4 is 23.6 Å². The molecule has 680 valence electrons. The van der Waals surface area contributed by atoms with E-state index in [4.69, 9.17) is 145 Å². The largest absolute Gasteiger partial charge is 0.381 e. The van der Waals surface area contributed by atoms with Crippen LogP contribution in [0, 0.1) is 5.41 Å². The molecule has 0 aromatic rings. The monoisotopic (exact) mass is 1690 g/mol. The molecule has 46 nitrogen and oxygen atoms in total. The molecule has 0 aliphatic heterocycles. The van der Waals surface area contributed by atoms with E-state index < -0.39 is 5.41 Å². The fourth-order valence-corrected chi connectivity index (χ4v) is 8.72. The highest BCUT2D eigenvalue weighted by Crippen LogP contribution is 2.15. The van der Waals surface area contributed by atoms with Crippen LogP contribution < -0.4 is 21.3 Å². The van der Waals surface area contributed by atoms with Gasteiger partial charge in [0.15, 0.2) is 0 Å². The number of rotatable bonds is 100. The lowest BCUT2D eigenvalue weighted by atomic mass is 9.86. The third-order valence-corrected chi connectivity index (χ3v) is 14.8. The topological polar surface area (TPSA) is 551 Å². The highest BCUT2D eigenvalue weighted by atomic mass is 16.6. The van der Waals surface area contributed by atoms with Crippen LogP contribution in [0.5, 0.6) is 0 Å². The van der Waals surface area contributed by atoms with Gasteiger partial charge in [-0.05, 0) is 35.0 Å². The van der Waals surface area contributed by atoms with Crippen molar-refractivity contribution < 1.29 is 142 Å². The lowest BCUT2D eigenvalue weighted by molar-refractivity contribution is -0.123. The molecule has 0 saturated carbocycles. The molecule has 0 spiro atoms. The summed E-state index contributed by atoms with van der Waals surface area (Å²) in [4.78, 5) is 63.8. The molecule has 0 aromatic heterocycles. The van der Waals surface area contributed by atoms with E-state index >= 15 is 0 Å². The summed E-state index contributed by atoms with van der Waals surface area (Å²) < 4.78 is 143. The third-order valence-electron chi connectivity index (χ3n) is 14.8. The van der Waals surface area contributed by atoms with E-state index in [-0.39, 0.29) is 155 Å². The molecule has 0 fully saturated rings. The first-order chi connectivity index (χ1) is 57.8. The Bertz CT molecular complexity index is 2250. The van der Waals surface area contributed by atoms with Crippen LogP contribution in [0.1, 0.15) is 38.5 Å². The van der Waals surface area contributed by atoms with Gasteiger partial charge in [0, 0.05) is 116 Å². The fraction of sp³-hybridized carbons (Fsp3) is 0.944. The predicted molar refractivity (Wildman–Crippen MR) is 420 cm³/mol. The minimum atomic E-state index is -1.13. The molecule has 0 atom stereocenters. The number of hydrogen-bond donors (Lipinski definition) is 4. The van der Waals surface area contributed by atoms with Crippen molar-refractivity contribution in [3.63, 3.8) is 0 Å². The Balaban J connectivity index is 4.46. The van der Waals surface area contributed by atoms with Gasteiger partial charge in [-0.1, -0.05) is 20.5 Å². The quantitative estimate of drug-likeness (QED) is 0.0294. The van der Waals surface area contributed by atoms with Crippen molar-refractivity contribution in [2.45, 2.75) is 38.5 Å². The molecular weight excluding hydrogens is 1560 g/mol. The lowest BCUT2D eigenvalue weighted by Gasteiger charge is -2.35. The zero-order valence-corrected chi connectivity index (χ0v) is 68.8. The van der Waals surface area contributed by atoms with Crippen LogP contribution in [0.2, 0.25) is 0 Å². The molecule has 0 radical (unpaired) electrons. The maximum Gasteiger partial charge on any atom is 0.222 e. The number of hydrogen-bond acceptors (Lipinski definition) is 34. The Morgan fingerprint density at radius 1 is 0.188 bits per heavy atom. The zero-order chi connectivity index (χ0) is 84.3. The average Bonchev–Trinajstić information content (AvgIpc) is 0.852. The fourth-order valence-electron chi connectivity index (χ4n) is 8.72. The van der Waals surface area contributed by atoms with Crippen LogP contribution in [0.25, 0.3) is 41.8 Å². The molecule has 0 aliphatic rings. The molecule has 0 aromatic carbocycles. The Labute approximate surface area is 687 Å². The van der Waals surface area contributed by atoms with Crippen LogP contribution in [-0.4, -0.2) is 420 Å². The van der Waals surface area contributed by atoms with Crippen LogP contribution in [0.15, 0.2) is 20.5 Å². The summed E-state index contributed by atoms with van der Waals surface area (Å²) in [6.45, 7) is 20.2. The maximum atomic E-state index is 13.3. The van der Waals surface area contributed by atoms with Crippen LogP contribution in [0.4, 0.5) is 0 Å². The van der Waals surface area contributed by atoms with Crippen LogP contribution >= 0.6 is 0 Å². The number of ether oxygens (including phenoxy) is 26. The van der Waals surface area contributed by atoms with Gasteiger partial charge in [-0.2, -0.15) is 0 Å². The molecule has 0 bridgehead atoms. The second-order valence-electron chi connectivity index (χ2n) is 24.1. The van der Waals surface area contributed by atoms with E-state index in [2.05, 4.69) is 61.4 Å². The Morgan fingerprint density at radius 2 is 0.316 bits per heavy atom. The number of azide groups is 4. The van der Waals surface area contributed by atoms with E-state index in [0.717, 1.165) is 0 Å². The molecule has 4 N–H and O–H groups in total. The molecular formula is C71H136N16O30. The SMILES string of the molecule is [N-]=[N+]=NCCOCCCC(=O)NCC(CNC(=O)CCCOCCN=[N+]=[N-])(CNC(=O)CCOCCOCCOCCOCCOCCOCCOCCOCCOCCOCCOCCOCCN=[N+]=[N-])CNC(=O)CCOCCOCCOCCOCCOCCOCCOCCOCCOCCOCCOCCOCCN=[N+]=[N-]. The van der Waals surface area contributed by atoms with E-state index in [1.807, 2.05) is 0 Å². The van der Waals surface area contributed by atoms with Crippen molar-refractivity contribution in [1.82, 2.24) is 21.3 Å². The number of nitrogens with one attached hydrogen (secondary N) is 4. The molecule has 0 aliphatic carbocycles. The minimum Gasteiger partial charge on any atom is -0.381 e. The zero-order valence-electron chi connectivity index (χ0n) is 68.8. The van der Waals surface area contributed by atoms with E-state index in [1.165, 1.54) is 0 Å². The summed E-state index contributed by atoms with van der Waals surface area (Å²) in [5.74, 6) is -1.43. The second kappa shape index (κ2) is 97.2. The third kappa shape index (κ3) is 92.2. The second-order valence-corrected chi connectivity index (χ2v) is 24.1. The summed E-state index contributed by atoms with van der Waals surface area (Å²) >= 11 is 0. The molecule has 0 heterocycles. The molecule has 46 heteroatoms. The van der Waals surface area contributed by atoms with Gasteiger partial charge in [-0.15, -0.1) is 0 Å². The smallest absolute Gasteiger partial charge is 0.222 e. The van der Waals surface area contributed by atoms with Gasteiger partial charge in [0.2, 0.25) is 23.6 Å². The van der Waals surface area contributed by atoms with Gasteiger partial charge in [0.05, 0.1) is 330 Å². The van der Waals surface area contributed by atoms with Gasteiger partial charge in [0.1, 0.15) is 0 Å². The number of carbonyl (C=O) groups is 4. The summed E-state index contributed by atoms with van der Waals surface area (Å²) in [6, 6.07) is 0. The Kier molecular flexibility index (Phi) is 92.3. The van der Waals surface area contributed by atoms with Gasteiger partial charge in [0.25, 0.3) is 0 Å². The minimum absolute atomic E-state index is 0.0211. The number of nitrogens with zero attached hydrogens (tertiary/aromatic N) is 12. The molecule has 4 amide bonds. The standard InChI is InChI=1S/C71H136N16O30/c72-84-80-7-15-92-11-1-3-67(88)76-63-71(64-77-68(89)4-2-12-93-16-8-81-85-73,65-78-69(90)5-13-94-19-23-98-27-31-102-35-39-106-43-47-110-51-55-114-59-61-116-57-53-112-49-45-108-41-37-104-33-29-100-25-21-96-17-9-82-86-74)66-79-70(91)6-14-95-20-24-99-28-32-103-36-40-107-44-48-111-52-56-115-60-62-117-58-54-113-50-46-109-42-38-105-34-30-101-26-22-97-18-10-83-87-75/h1-66H2,(H,76,88)(H,77,89)(H,78,90)(H,79,91). The van der Waals surface area contributed by atoms with Crippen molar-refractivity contribution in [1.29, 1.82) is 0 Å². The first kappa shape index (κ1) is 111. The molecule has 0 rings (SSSR count). The van der Waals surface area contributed by atoms with Gasteiger partial charge >= 0.3 is 0 Å². The summed E-state index contributed by atoms with van der Waals surface area (Å²) in [5.41, 5.74) is 32.3. The van der Waals surface area contributed by atoms with E-state index in [0.29, 0.717) is 303 Å². The molecule has 0 unspecified atom stereocenters. The highest BCUT2D eigenvalue weighted by Gasteiger charge is 2.33. The lowest BCUT2D eigenvalue weighted by Crippen LogP contribution is -2.57. The van der Waals surface area contributed by atoms with E-state index in [1.54, 1.807) is 0 Å². The maximum absolute atomic E-state index is 13.3. The highest BCUT2D eigenvalue weighted by molar-refractivity contribution is 5.78. The van der Waals surface area contributed by atoms with Crippen LogP contribution in [0.3, 0.4) is 0 Å². The predicted octanol–water partition coefficient (Wildman–Crippen LogP) is 2.45. The molecule has 0 saturated heterocycles. The Morgan fingerprint density at radius 3 is 0.470 bits per heavy atom. The van der Waals surface area contributed by atoms with Crippen molar-refractivity contribution in [3.8, 4) is 0 Å². The van der Waals surface area contributed by atoms with Crippen molar-refractivity contribution in [2.24, 2.45) is 25.9 Å². The summed E-state index contributed by atoms with van der Waals surface area (Å²) in [6.07, 6.45) is 0.836. The van der Waals surface area contributed by atoms with Gasteiger partial charge in [-0.3, -0.25) is 19.2 Å². The van der Waals surface area contributed by atoms with Gasteiger partial charge < -0.3 is 144 Å². The summed E-state index contributed by atoms with van der Waals surface area (Å²) in [7, 11) is 0. The normalized spacial score (nSPS) is 11.7. The first-order valence-corrected chi connectivity index (χ1v) is 39.9. The molecule has 117 heavy (non-hydrogen) atoms.